The first-order valence-electron chi connectivity index (χ1n) is 8.89. The van der Waals surface area contributed by atoms with Gasteiger partial charge in [-0.3, -0.25) is 4.79 Å². The van der Waals surface area contributed by atoms with Gasteiger partial charge in [0.1, 0.15) is 0 Å². The minimum absolute atomic E-state index is 0.0627. The molecule has 0 aromatic heterocycles. The molecule has 4 aliphatic heterocycles. The number of hydrogen-bond donors (Lipinski definition) is 1. The molecular weight excluding hydrogens is 298 g/mol. The Labute approximate surface area is 137 Å². The number of fused-ring (bicyclic) bond motifs is 2. The molecule has 6 nitrogen and oxygen atoms in total. The van der Waals surface area contributed by atoms with E-state index in [2.05, 4.69) is 6.92 Å². The molecule has 1 spiro atoms. The second kappa shape index (κ2) is 5.15. The Morgan fingerprint density at radius 2 is 2.00 bits per heavy atom. The van der Waals surface area contributed by atoms with Crippen molar-refractivity contribution in [3.63, 3.8) is 0 Å². The number of carbonyl (C=O) groups excluding carboxylic acids is 1. The van der Waals surface area contributed by atoms with E-state index in [1.54, 1.807) is 4.90 Å². The fourth-order valence-electron chi connectivity index (χ4n) is 5.49. The van der Waals surface area contributed by atoms with E-state index in [9.17, 15) is 9.90 Å². The molecule has 0 aromatic rings. The van der Waals surface area contributed by atoms with Crippen LogP contribution in [-0.2, 0) is 19.3 Å². The lowest BCUT2D eigenvalue weighted by Gasteiger charge is -2.61. The summed E-state index contributed by atoms with van der Waals surface area (Å²) in [5, 5.41) is 9.45. The molecule has 23 heavy (non-hydrogen) atoms. The largest absolute Gasteiger partial charge is 0.395 e. The maximum absolute atomic E-state index is 12.9. The van der Waals surface area contributed by atoms with Gasteiger partial charge in [-0.1, -0.05) is 13.8 Å². The fraction of sp³-hybridized carbons (Fsp3) is 0.941. The van der Waals surface area contributed by atoms with Gasteiger partial charge in [0.15, 0.2) is 11.8 Å². The van der Waals surface area contributed by atoms with E-state index < -0.39 is 17.6 Å². The normalized spacial score (nSPS) is 52.3. The lowest BCUT2D eigenvalue weighted by Crippen LogP contribution is -2.75. The molecule has 0 aromatic carbocycles. The Hall–Kier alpha value is -0.690. The minimum atomic E-state index is -0.813. The number of carbonyl (C=O) groups is 1. The smallest absolute Gasteiger partial charge is 0.227 e. The number of piperidine rings is 1. The Bertz CT molecular complexity index is 513. The predicted molar refractivity (Wildman–Crippen MR) is 80.8 cm³/mol. The van der Waals surface area contributed by atoms with Crippen molar-refractivity contribution in [3.05, 3.63) is 0 Å². The number of ether oxygens (including phenoxy) is 1. The molecule has 6 heteroatoms. The van der Waals surface area contributed by atoms with Crippen LogP contribution in [0, 0.1) is 23.7 Å². The highest BCUT2D eigenvalue weighted by Gasteiger charge is 2.70. The summed E-state index contributed by atoms with van der Waals surface area (Å²) in [6, 6.07) is 0. The standard InChI is InChI=1S/C17H27NO5/c1-10-4-5-13-11(2)14(20)18(8-9-19)15-17(13)12(10)6-7-16(3,21-15)22-23-17/h10-13,15,19H,4-9H2,1-3H3/t10-,11+,12+,13-,15-,16-,17?/m0/s1. The monoisotopic (exact) mass is 325 g/mol. The van der Waals surface area contributed by atoms with Gasteiger partial charge in [-0.25, -0.2) is 9.78 Å². The van der Waals surface area contributed by atoms with Gasteiger partial charge in [-0.05, 0) is 38.0 Å². The van der Waals surface area contributed by atoms with Crippen LogP contribution in [0.3, 0.4) is 0 Å². The van der Waals surface area contributed by atoms with Crippen LogP contribution >= 0.6 is 0 Å². The Kier molecular flexibility index (Phi) is 3.54. The molecule has 4 heterocycles. The van der Waals surface area contributed by atoms with E-state index >= 15 is 0 Å². The highest BCUT2D eigenvalue weighted by molar-refractivity contribution is 5.80. The van der Waals surface area contributed by atoms with Gasteiger partial charge >= 0.3 is 0 Å². The molecule has 1 aliphatic carbocycles. The number of aliphatic hydroxyl groups excluding tert-OH is 1. The fourth-order valence-corrected chi connectivity index (χ4v) is 5.49. The molecule has 5 rings (SSSR count). The first kappa shape index (κ1) is 15.8. The summed E-state index contributed by atoms with van der Waals surface area (Å²) in [6.07, 6.45) is 3.36. The average molecular weight is 325 g/mol. The summed E-state index contributed by atoms with van der Waals surface area (Å²) in [5.41, 5.74) is -0.601. The summed E-state index contributed by atoms with van der Waals surface area (Å²) in [4.78, 5) is 26.4. The zero-order valence-corrected chi connectivity index (χ0v) is 14.2. The molecule has 1 amide bonds. The Morgan fingerprint density at radius 1 is 1.22 bits per heavy atom. The maximum atomic E-state index is 12.9. The van der Waals surface area contributed by atoms with Crippen molar-refractivity contribution in [1.29, 1.82) is 0 Å². The van der Waals surface area contributed by atoms with Gasteiger partial charge in [-0.15, -0.1) is 0 Å². The number of likely N-dealkylation sites (tertiary alicyclic amines) is 1. The molecule has 5 fully saturated rings. The molecule has 130 valence electrons. The molecule has 1 N–H and O–H groups in total. The van der Waals surface area contributed by atoms with Crippen molar-refractivity contribution < 1.29 is 24.4 Å². The van der Waals surface area contributed by atoms with E-state index in [1.165, 1.54) is 0 Å². The number of β-amino-alcohol motifs (C(OH)–C–C–N with tert-alkyl or cyclic N) is 1. The van der Waals surface area contributed by atoms with Crippen molar-refractivity contribution in [3.8, 4) is 0 Å². The average Bonchev–Trinajstić information content (AvgIpc) is 2.76. The van der Waals surface area contributed by atoms with Crippen molar-refractivity contribution in [1.82, 2.24) is 4.90 Å². The van der Waals surface area contributed by atoms with Crippen molar-refractivity contribution in [2.75, 3.05) is 13.2 Å². The predicted octanol–water partition coefficient (Wildman–Crippen LogP) is 1.67. The SMILES string of the molecule is C[C@H]1CC[C@H]2[C@@H](C)C(=O)N(CCO)[C@H]3O[C@]4(C)CC[C@H]1C32OO4. The molecule has 5 aliphatic rings. The summed E-state index contributed by atoms with van der Waals surface area (Å²) >= 11 is 0. The number of amides is 1. The number of nitrogens with zero attached hydrogens (tertiary/aromatic N) is 1. The molecule has 4 saturated heterocycles. The van der Waals surface area contributed by atoms with Crippen molar-refractivity contribution in [2.45, 2.75) is 64.1 Å². The third-order valence-electron chi connectivity index (χ3n) is 6.70. The zero-order valence-electron chi connectivity index (χ0n) is 14.2. The Balaban J connectivity index is 1.85. The zero-order chi connectivity index (χ0) is 16.4. The number of aliphatic hydroxyl groups is 1. The van der Waals surface area contributed by atoms with Crippen LogP contribution in [0.25, 0.3) is 0 Å². The van der Waals surface area contributed by atoms with E-state index in [0.717, 1.165) is 25.7 Å². The van der Waals surface area contributed by atoms with Gasteiger partial charge in [0.25, 0.3) is 0 Å². The third kappa shape index (κ3) is 1.98. The van der Waals surface area contributed by atoms with E-state index in [0.29, 0.717) is 11.8 Å². The van der Waals surface area contributed by atoms with E-state index in [1.807, 2.05) is 13.8 Å². The molecule has 1 saturated carbocycles. The summed E-state index contributed by atoms with van der Waals surface area (Å²) in [5.74, 6) is 0.0469. The summed E-state index contributed by atoms with van der Waals surface area (Å²) in [7, 11) is 0. The lowest BCUT2D eigenvalue weighted by molar-refractivity contribution is -0.547. The maximum Gasteiger partial charge on any atom is 0.227 e. The highest BCUT2D eigenvalue weighted by atomic mass is 17.3. The van der Waals surface area contributed by atoms with Crippen LogP contribution in [0.15, 0.2) is 0 Å². The third-order valence-corrected chi connectivity index (χ3v) is 6.70. The highest BCUT2D eigenvalue weighted by Crippen LogP contribution is 2.60. The first-order chi connectivity index (χ1) is 10.9. The summed E-state index contributed by atoms with van der Waals surface area (Å²) in [6.45, 7) is 6.35. The van der Waals surface area contributed by atoms with Crippen LogP contribution < -0.4 is 0 Å². The van der Waals surface area contributed by atoms with Gasteiger partial charge in [0.05, 0.1) is 6.61 Å². The van der Waals surface area contributed by atoms with Crippen LogP contribution in [0.2, 0.25) is 0 Å². The van der Waals surface area contributed by atoms with Gasteiger partial charge in [-0.2, -0.15) is 0 Å². The Morgan fingerprint density at radius 3 is 2.74 bits per heavy atom. The van der Waals surface area contributed by atoms with Gasteiger partial charge in [0, 0.05) is 24.8 Å². The molecule has 1 unspecified atom stereocenters. The second-order valence-corrected chi connectivity index (χ2v) is 7.97. The van der Waals surface area contributed by atoms with Crippen molar-refractivity contribution in [2.24, 2.45) is 23.7 Å². The molecule has 2 bridgehead atoms. The molecule has 7 atom stereocenters. The van der Waals surface area contributed by atoms with Crippen molar-refractivity contribution >= 4 is 5.91 Å². The van der Waals surface area contributed by atoms with Crippen LogP contribution in [0.5, 0.6) is 0 Å². The topological polar surface area (TPSA) is 68.2 Å². The first-order valence-corrected chi connectivity index (χ1v) is 8.89. The molecular formula is C17H27NO5. The second-order valence-electron chi connectivity index (χ2n) is 7.97. The van der Waals surface area contributed by atoms with Crippen LogP contribution in [0.1, 0.15) is 46.5 Å². The van der Waals surface area contributed by atoms with Crippen LogP contribution in [0.4, 0.5) is 0 Å². The van der Waals surface area contributed by atoms with E-state index in [-0.39, 0.29) is 30.9 Å². The number of rotatable bonds is 2. The molecule has 0 radical (unpaired) electrons. The quantitative estimate of drug-likeness (QED) is 0.782. The van der Waals surface area contributed by atoms with Gasteiger partial charge in [0.2, 0.25) is 11.7 Å². The van der Waals surface area contributed by atoms with Crippen LogP contribution in [-0.4, -0.2) is 46.7 Å². The summed E-state index contributed by atoms with van der Waals surface area (Å²) < 4.78 is 6.31. The van der Waals surface area contributed by atoms with E-state index in [4.69, 9.17) is 14.5 Å². The number of hydrogen-bond acceptors (Lipinski definition) is 5. The minimum Gasteiger partial charge on any atom is -0.395 e. The van der Waals surface area contributed by atoms with Gasteiger partial charge < -0.3 is 14.7 Å². The lowest BCUT2D eigenvalue weighted by atomic mass is 9.57.